The molecule has 4 rings (SSSR count). The summed E-state index contributed by atoms with van der Waals surface area (Å²) in [5.41, 5.74) is -3.86. The van der Waals surface area contributed by atoms with Crippen molar-refractivity contribution in [3.05, 3.63) is 118 Å². The third-order valence-electron chi connectivity index (χ3n) is 6.54. The normalized spacial score (nSPS) is 11.5. The molecule has 0 heterocycles. The fourth-order valence-electron chi connectivity index (χ4n) is 4.30. The Bertz CT molecular complexity index is 1890. The Morgan fingerprint density at radius 1 is 0.796 bits per heavy atom. The van der Waals surface area contributed by atoms with Crippen LogP contribution in [-0.2, 0) is 15.8 Å². The highest BCUT2D eigenvalue weighted by molar-refractivity contribution is 8.00. The number of methoxy groups -OCH3 is 2. The van der Waals surface area contributed by atoms with E-state index in [4.69, 9.17) is 9.47 Å². The second-order valence-electron chi connectivity index (χ2n) is 9.78. The molecule has 4 aromatic carbocycles. The molecule has 0 saturated carbocycles. The number of nitrogens with one attached hydrogen (secondary N) is 3. The molecule has 0 aliphatic rings. The Morgan fingerprint density at radius 2 is 1.45 bits per heavy atom. The van der Waals surface area contributed by atoms with Gasteiger partial charge in [0, 0.05) is 21.7 Å². The van der Waals surface area contributed by atoms with Crippen LogP contribution < -0.4 is 25.4 Å². The molecule has 4 aromatic rings. The van der Waals surface area contributed by atoms with Crippen LogP contribution in [0.3, 0.4) is 0 Å². The first-order valence-corrected chi connectivity index (χ1v) is 14.8. The maximum atomic E-state index is 14.2. The zero-order chi connectivity index (χ0) is 35.9. The van der Waals surface area contributed by atoms with Crippen molar-refractivity contribution < 1.29 is 54.6 Å². The second kappa shape index (κ2) is 15.6. The fourth-order valence-corrected chi connectivity index (χ4v) is 5.06. The summed E-state index contributed by atoms with van der Waals surface area (Å²) < 4.78 is 106. The van der Waals surface area contributed by atoms with Crippen molar-refractivity contribution in [2.75, 3.05) is 30.6 Å². The molecule has 0 fully saturated rings. The zero-order valence-electron chi connectivity index (χ0n) is 25.3. The minimum atomic E-state index is -5.74. The highest BCUT2D eigenvalue weighted by Crippen LogP contribution is 2.38. The Morgan fingerprint density at radius 3 is 2.06 bits per heavy atom. The van der Waals surface area contributed by atoms with Crippen molar-refractivity contribution in [3.63, 3.8) is 0 Å². The molecule has 0 atom stereocenters. The molecular formula is C33H24F7N3O5S. The Balaban J connectivity index is 1.52. The average Bonchev–Trinajstić information content (AvgIpc) is 3.07. The minimum absolute atomic E-state index is 0.178. The summed E-state index contributed by atoms with van der Waals surface area (Å²) >= 11 is 0.754. The SMILES string of the molecule is COc1cccc(/C=C(/NC(=O)c2ccccc2)C(=O)Nc2cccc(SCC(=O)Nc3c(F)c(F)c(C(F)(F)F)c(F)c3F)c2)c1OC. The molecule has 0 saturated heterocycles. The number of carbonyl (C=O) groups is 3. The van der Waals surface area contributed by atoms with Crippen molar-refractivity contribution in [2.24, 2.45) is 0 Å². The van der Waals surface area contributed by atoms with Crippen molar-refractivity contribution >= 4 is 46.9 Å². The maximum absolute atomic E-state index is 14.2. The van der Waals surface area contributed by atoms with Crippen molar-refractivity contribution in [2.45, 2.75) is 11.1 Å². The molecule has 0 aliphatic heterocycles. The van der Waals surface area contributed by atoms with Crippen LogP contribution in [0.2, 0.25) is 0 Å². The van der Waals surface area contributed by atoms with E-state index < -0.39 is 64.2 Å². The molecule has 0 unspecified atom stereocenters. The molecule has 0 spiro atoms. The van der Waals surface area contributed by atoms with Gasteiger partial charge in [-0.2, -0.15) is 13.2 Å². The van der Waals surface area contributed by atoms with E-state index in [1.54, 1.807) is 53.8 Å². The van der Waals surface area contributed by atoms with Gasteiger partial charge in [0.2, 0.25) is 5.91 Å². The lowest BCUT2D eigenvalue weighted by molar-refractivity contribution is -0.143. The van der Waals surface area contributed by atoms with Crippen LogP contribution in [0.4, 0.5) is 42.1 Å². The van der Waals surface area contributed by atoms with Crippen LogP contribution in [0.5, 0.6) is 11.5 Å². The van der Waals surface area contributed by atoms with Crippen molar-refractivity contribution in [1.29, 1.82) is 0 Å². The highest BCUT2D eigenvalue weighted by Gasteiger charge is 2.42. The Hall–Kier alpha value is -5.51. The number of thioether (sulfide) groups is 1. The summed E-state index contributed by atoms with van der Waals surface area (Å²) in [6.07, 6.45) is -4.37. The van der Waals surface area contributed by atoms with Crippen LogP contribution in [0.1, 0.15) is 21.5 Å². The van der Waals surface area contributed by atoms with Crippen molar-refractivity contribution in [3.8, 4) is 11.5 Å². The van der Waals surface area contributed by atoms with E-state index in [0.717, 1.165) is 11.8 Å². The number of hydrogen-bond acceptors (Lipinski definition) is 6. The van der Waals surface area contributed by atoms with Gasteiger partial charge in [0.25, 0.3) is 11.8 Å². The third kappa shape index (κ3) is 8.70. The van der Waals surface area contributed by atoms with Gasteiger partial charge in [0.1, 0.15) is 16.9 Å². The monoisotopic (exact) mass is 707 g/mol. The number of amides is 3. The van der Waals surface area contributed by atoms with Gasteiger partial charge in [0.15, 0.2) is 34.8 Å². The van der Waals surface area contributed by atoms with Gasteiger partial charge in [-0.25, -0.2) is 17.6 Å². The number of rotatable bonds is 11. The van der Waals surface area contributed by atoms with Crippen molar-refractivity contribution in [1.82, 2.24) is 5.32 Å². The van der Waals surface area contributed by atoms with E-state index in [1.165, 1.54) is 44.6 Å². The summed E-state index contributed by atoms with van der Waals surface area (Å²) in [6.45, 7) is 0. The summed E-state index contributed by atoms with van der Waals surface area (Å²) in [5.74, 6) is -12.8. The summed E-state index contributed by atoms with van der Waals surface area (Å²) in [6, 6.07) is 18.8. The number of halogens is 7. The quantitative estimate of drug-likeness (QED) is 0.0649. The number of para-hydroxylation sites is 1. The largest absolute Gasteiger partial charge is 0.493 e. The topological polar surface area (TPSA) is 106 Å². The van der Waals surface area contributed by atoms with Crippen LogP contribution in [0.25, 0.3) is 6.08 Å². The molecule has 3 N–H and O–H groups in total. The second-order valence-corrected chi connectivity index (χ2v) is 10.8. The van der Waals surface area contributed by atoms with Gasteiger partial charge in [-0.1, -0.05) is 36.4 Å². The third-order valence-corrected chi connectivity index (χ3v) is 7.53. The fraction of sp³-hybridized carbons (Fsp3) is 0.121. The van der Waals surface area contributed by atoms with E-state index in [-0.39, 0.29) is 22.7 Å². The molecule has 3 amide bonds. The Labute approximate surface area is 278 Å². The lowest BCUT2D eigenvalue weighted by Crippen LogP contribution is -2.30. The van der Waals surface area contributed by atoms with Gasteiger partial charge >= 0.3 is 6.18 Å². The summed E-state index contributed by atoms with van der Waals surface area (Å²) in [5, 5.41) is 6.74. The molecule has 0 radical (unpaired) electrons. The first-order valence-electron chi connectivity index (χ1n) is 13.8. The molecular weight excluding hydrogens is 683 g/mol. The van der Waals surface area contributed by atoms with Gasteiger partial charge in [-0.15, -0.1) is 11.8 Å². The molecule has 8 nitrogen and oxygen atoms in total. The molecule has 0 bridgehead atoms. The highest BCUT2D eigenvalue weighted by atomic mass is 32.2. The number of alkyl halides is 3. The lowest BCUT2D eigenvalue weighted by atomic mass is 10.1. The van der Waals surface area contributed by atoms with E-state index in [1.807, 2.05) is 0 Å². The number of carbonyl (C=O) groups excluding carboxylic acids is 3. The lowest BCUT2D eigenvalue weighted by Gasteiger charge is -2.15. The van der Waals surface area contributed by atoms with Gasteiger partial charge in [-0.05, 0) is 42.5 Å². The summed E-state index contributed by atoms with van der Waals surface area (Å²) in [7, 11) is 2.82. The number of hydrogen-bond donors (Lipinski definition) is 3. The predicted octanol–water partition coefficient (Wildman–Crippen LogP) is 7.42. The van der Waals surface area contributed by atoms with Gasteiger partial charge in [-0.3, -0.25) is 14.4 Å². The first-order chi connectivity index (χ1) is 23.2. The van der Waals surface area contributed by atoms with Gasteiger partial charge in [0.05, 0.1) is 20.0 Å². The van der Waals surface area contributed by atoms with Crippen LogP contribution in [-0.4, -0.2) is 37.7 Å². The van der Waals surface area contributed by atoms with Crippen LogP contribution in [0, 0.1) is 23.3 Å². The number of anilines is 2. The van der Waals surface area contributed by atoms with Crippen LogP contribution in [0.15, 0.2) is 83.4 Å². The molecule has 256 valence electrons. The zero-order valence-corrected chi connectivity index (χ0v) is 26.1. The average molecular weight is 708 g/mol. The molecule has 0 aliphatic carbocycles. The van der Waals surface area contributed by atoms with Gasteiger partial charge < -0.3 is 25.4 Å². The predicted molar refractivity (Wildman–Crippen MR) is 167 cm³/mol. The van der Waals surface area contributed by atoms with E-state index in [2.05, 4.69) is 10.6 Å². The summed E-state index contributed by atoms with van der Waals surface area (Å²) in [4.78, 5) is 39.2. The molecule has 16 heteroatoms. The Kier molecular flexibility index (Phi) is 11.6. The smallest absolute Gasteiger partial charge is 0.422 e. The first kappa shape index (κ1) is 36.3. The molecule has 49 heavy (non-hydrogen) atoms. The standard InChI is InChI=1S/C33H24F7N3O5S/c1-47-22-13-6-10-18(30(22)48-2)14-21(42-31(45)17-8-4-3-5-9-17)32(46)41-19-11-7-12-20(15-19)49-16-23(44)43-29-27(36)25(34)24(33(38,39)40)26(35)28(29)37/h3-15H,16H2,1-2H3,(H,41,46)(H,42,45)(H,43,44)/b21-14+. The maximum Gasteiger partial charge on any atom is 0.422 e. The molecule has 0 aromatic heterocycles. The number of ether oxygens (including phenoxy) is 2. The number of benzene rings is 4. The van der Waals surface area contributed by atoms with E-state index in [0.29, 0.717) is 16.2 Å². The minimum Gasteiger partial charge on any atom is -0.493 e. The van der Waals surface area contributed by atoms with E-state index >= 15 is 0 Å². The van der Waals surface area contributed by atoms with E-state index in [9.17, 15) is 45.1 Å². The van der Waals surface area contributed by atoms with Crippen LogP contribution >= 0.6 is 11.8 Å².